The summed E-state index contributed by atoms with van der Waals surface area (Å²) < 4.78 is 0. The molecule has 0 spiro atoms. The molecule has 0 saturated heterocycles. The van der Waals surface area contributed by atoms with Crippen molar-refractivity contribution < 1.29 is 4.79 Å². The van der Waals surface area contributed by atoms with Crippen molar-refractivity contribution in [2.75, 3.05) is 0 Å². The summed E-state index contributed by atoms with van der Waals surface area (Å²) in [5.41, 5.74) is 10.2. The summed E-state index contributed by atoms with van der Waals surface area (Å²) >= 11 is 4.59. The third kappa shape index (κ3) is 1.56. The molecular formula is C9H17N3OS. The average molecular weight is 215 g/mol. The minimum atomic E-state index is -0.0483. The maximum atomic E-state index is 11.7. The number of carbonyl (C=O) groups is 1. The minimum Gasteiger partial charge on any atom is -0.375 e. The zero-order valence-corrected chi connectivity index (χ0v) is 9.79. The van der Waals surface area contributed by atoms with Gasteiger partial charge in [-0.25, -0.2) is 0 Å². The van der Waals surface area contributed by atoms with Crippen LogP contribution in [0.15, 0.2) is 0 Å². The van der Waals surface area contributed by atoms with Gasteiger partial charge < -0.3 is 5.73 Å². The van der Waals surface area contributed by atoms with Crippen LogP contribution in [0, 0.1) is 16.7 Å². The first-order chi connectivity index (χ1) is 6.21. The van der Waals surface area contributed by atoms with Gasteiger partial charge in [0, 0.05) is 0 Å². The van der Waals surface area contributed by atoms with Crippen molar-refractivity contribution in [1.82, 2.24) is 10.9 Å². The molecule has 0 aromatic carbocycles. The molecule has 14 heavy (non-hydrogen) atoms. The molecule has 0 bridgehead atoms. The Balaban J connectivity index is 2.54. The molecule has 5 heteroatoms. The fourth-order valence-electron chi connectivity index (χ4n) is 2.05. The van der Waals surface area contributed by atoms with E-state index >= 15 is 0 Å². The topological polar surface area (TPSA) is 67.2 Å². The van der Waals surface area contributed by atoms with E-state index in [2.05, 4.69) is 50.8 Å². The van der Waals surface area contributed by atoms with Gasteiger partial charge in [-0.3, -0.25) is 15.6 Å². The van der Waals surface area contributed by atoms with E-state index in [-0.39, 0.29) is 27.8 Å². The van der Waals surface area contributed by atoms with Crippen LogP contribution in [0.3, 0.4) is 0 Å². The molecule has 0 aromatic heterocycles. The quantitative estimate of drug-likeness (QED) is 0.441. The Bertz CT molecular complexity index is 272. The van der Waals surface area contributed by atoms with Crippen LogP contribution in [0.25, 0.3) is 0 Å². The predicted molar refractivity (Wildman–Crippen MR) is 59.1 cm³/mol. The zero-order chi connectivity index (χ0) is 11.1. The Hall–Kier alpha value is -0.840. The van der Waals surface area contributed by atoms with Crippen molar-refractivity contribution in [3.63, 3.8) is 0 Å². The Morgan fingerprint density at radius 2 is 1.64 bits per heavy atom. The van der Waals surface area contributed by atoms with E-state index in [0.717, 1.165) is 0 Å². The number of thiocarbonyl (C=S) groups is 1. The summed E-state index contributed by atoms with van der Waals surface area (Å²) in [7, 11) is 0. The van der Waals surface area contributed by atoms with Gasteiger partial charge in [0.15, 0.2) is 5.11 Å². The van der Waals surface area contributed by atoms with Crippen molar-refractivity contribution in [2.24, 2.45) is 22.5 Å². The van der Waals surface area contributed by atoms with Crippen molar-refractivity contribution in [1.29, 1.82) is 0 Å². The second kappa shape index (κ2) is 3.08. The number of hydrogen-bond acceptors (Lipinski definition) is 2. The number of hydrogen-bond donors (Lipinski definition) is 3. The Labute approximate surface area is 89.6 Å². The summed E-state index contributed by atoms with van der Waals surface area (Å²) in [5, 5.41) is 0.0783. The lowest BCUT2D eigenvalue weighted by atomic mass is 10.0. The van der Waals surface area contributed by atoms with Gasteiger partial charge in [0.05, 0.1) is 5.92 Å². The number of carbonyl (C=O) groups excluding carboxylic acids is 1. The van der Waals surface area contributed by atoms with Crippen LogP contribution < -0.4 is 16.6 Å². The molecule has 0 aromatic rings. The van der Waals surface area contributed by atoms with Crippen molar-refractivity contribution in [2.45, 2.75) is 27.7 Å². The van der Waals surface area contributed by atoms with Crippen LogP contribution in [0.4, 0.5) is 0 Å². The first-order valence-corrected chi connectivity index (χ1v) is 4.97. The predicted octanol–water partition coefficient (Wildman–Crippen LogP) is 0.533. The highest BCUT2D eigenvalue weighted by atomic mass is 32.1. The smallest absolute Gasteiger partial charge is 0.242 e. The first kappa shape index (κ1) is 11.2. The third-order valence-electron chi connectivity index (χ3n) is 3.59. The van der Waals surface area contributed by atoms with Gasteiger partial charge in [0.1, 0.15) is 0 Å². The van der Waals surface area contributed by atoms with E-state index in [1.165, 1.54) is 0 Å². The summed E-state index contributed by atoms with van der Waals surface area (Å²) in [6.45, 7) is 8.33. The maximum absolute atomic E-state index is 11.7. The molecule has 1 saturated carbocycles. The van der Waals surface area contributed by atoms with Crippen molar-refractivity contribution in [3.8, 4) is 0 Å². The number of hydrazine groups is 1. The molecule has 4 nitrogen and oxygen atoms in total. The second-order valence-electron chi connectivity index (χ2n) is 4.85. The van der Waals surface area contributed by atoms with E-state index < -0.39 is 0 Å². The fraction of sp³-hybridized carbons (Fsp3) is 0.778. The van der Waals surface area contributed by atoms with E-state index in [0.29, 0.717) is 0 Å². The molecule has 1 aliphatic rings. The fourth-order valence-corrected chi connectivity index (χ4v) is 2.10. The molecule has 0 unspecified atom stereocenters. The molecule has 1 rings (SSSR count). The highest BCUT2D eigenvalue weighted by molar-refractivity contribution is 7.80. The van der Waals surface area contributed by atoms with Gasteiger partial charge in [0.2, 0.25) is 5.91 Å². The lowest BCUT2D eigenvalue weighted by Crippen LogP contribution is -2.45. The Kier molecular flexibility index (Phi) is 2.48. The van der Waals surface area contributed by atoms with Gasteiger partial charge >= 0.3 is 0 Å². The van der Waals surface area contributed by atoms with Crippen molar-refractivity contribution in [3.05, 3.63) is 0 Å². The van der Waals surface area contributed by atoms with Crippen LogP contribution in [0.5, 0.6) is 0 Å². The highest BCUT2D eigenvalue weighted by Crippen LogP contribution is 2.68. The maximum Gasteiger partial charge on any atom is 0.242 e. The van der Waals surface area contributed by atoms with Crippen LogP contribution in [0.2, 0.25) is 0 Å². The standard InChI is InChI=1S/C9H17N3OS/c1-8(2)5(9(8,3)4)6(13)11-12-7(10)14/h5H,1-4H3,(H,11,13)(H3,10,12,14). The van der Waals surface area contributed by atoms with Crippen LogP contribution in [-0.2, 0) is 4.79 Å². The SMILES string of the molecule is CC1(C)C(C(=O)NNC(N)=S)C1(C)C. The summed E-state index contributed by atoms with van der Waals surface area (Å²) in [5.74, 6) is -0.0374. The number of amides is 1. The molecule has 0 atom stereocenters. The molecule has 0 heterocycles. The normalized spacial score (nSPS) is 22.6. The number of nitrogens with two attached hydrogens (primary N) is 1. The van der Waals surface area contributed by atoms with E-state index in [1.807, 2.05) is 0 Å². The second-order valence-corrected chi connectivity index (χ2v) is 5.29. The summed E-state index contributed by atoms with van der Waals surface area (Å²) in [6, 6.07) is 0. The van der Waals surface area contributed by atoms with Gasteiger partial charge in [-0.1, -0.05) is 27.7 Å². The van der Waals surface area contributed by atoms with E-state index in [1.54, 1.807) is 0 Å². The van der Waals surface area contributed by atoms with E-state index in [4.69, 9.17) is 5.73 Å². The van der Waals surface area contributed by atoms with Gasteiger partial charge in [-0.2, -0.15) is 0 Å². The Morgan fingerprint density at radius 3 is 1.93 bits per heavy atom. The highest BCUT2D eigenvalue weighted by Gasteiger charge is 2.68. The van der Waals surface area contributed by atoms with Crippen molar-refractivity contribution >= 4 is 23.2 Å². The zero-order valence-electron chi connectivity index (χ0n) is 8.97. The van der Waals surface area contributed by atoms with E-state index in [9.17, 15) is 4.79 Å². The minimum absolute atomic E-state index is 0.0110. The lowest BCUT2D eigenvalue weighted by Gasteiger charge is -2.06. The molecule has 1 fully saturated rings. The third-order valence-corrected chi connectivity index (χ3v) is 3.69. The van der Waals surface area contributed by atoms with Crippen LogP contribution in [-0.4, -0.2) is 11.0 Å². The number of rotatable bonds is 1. The molecule has 1 amide bonds. The molecule has 1 aliphatic carbocycles. The van der Waals surface area contributed by atoms with Gasteiger partial charge in [-0.15, -0.1) is 0 Å². The average Bonchev–Trinajstić information content (AvgIpc) is 2.39. The first-order valence-electron chi connectivity index (χ1n) is 4.56. The molecule has 0 aliphatic heterocycles. The van der Waals surface area contributed by atoms with Gasteiger partial charge in [-0.05, 0) is 23.0 Å². The molecule has 80 valence electrons. The van der Waals surface area contributed by atoms with Crippen LogP contribution in [0.1, 0.15) is 27.7 Å². The lowest BCUT2D eigenvalue weighted by molar-refractivity contribution is -0.124. The molecule has 0 radical (unpaired) electrons. The number of nitrogens with one attached hydrogen (secondary N) is 2. The molecule has 4 N–H and O–H groups in total. The Morgan fingerprint density at radius 1 is 1.21 bits per heavy atom. The molecular weight excluding hydrogens is 198 g/mol. The monoisotopic (exact) mass is 215 g/mol. The summed E-state index contributed by atoms with van der Waals surface area (Å²) in [4.78, 5) is 11.7. The largest absolute Gasteiger partial charge is 0.375 e. The van der Waals surface area contributed by atoms with Crippen LogP contribution >= 0.6 is 12.2 Å². The van der Waals surface area contributed by atoms with Gasteiger partial charge in [0.25, 0.3) is 0 Å². The summed E-state index contributed by atoms with van der Waals surface area (Å²) in [6.07, 6.45) is 0.